The van der Waals surface area contributed by atoms with E-state index < -0.39 is 0 Å². The van der Waals surface area contributed by atoms with Crippen molar-refractivity contribution in [2.45, 2.75) is 57.9 Å². The monoisotopic (exact) mass is 247 g/mol. The lowest BCUT2D eigenvalue weighted by Crippen LogP contribution is -2.27. The lowest BCUT2D eigenvalue weighted by molar-refractivity contribution is 0.410. The van der Waals surface area contributed by atoms with Crippen molar-refractivity contribution in [2.24, 2.45) is 5.73 Å². The molecular weight excluding hydrogens is 222 g/mol. The van der Waals surface area contributed by atoms with Gasteiger partial charge < -0.3 is 10.5 Å². The minimum Gasteiger partial charge on any atom is -0.496 e. The second kappa shape index (κ2) is 5.75. The molecule has 1 aromatic rings. The highest BCUT2D eigenvalue weighted by molar-refractivity contribution is 5.43. The first-order valence-corrected chi connectivity index (χ1v) is 7.04. The SMILES string of the molecule is COc1cc(C)c(C2CCCCCC2N)cc1C. The second-order valence-corrected chi connectivity index (χ2v) is 5.59. The third-order valence-electron chi connectivity index (χ3n) is 4.25. The minimum absolute atomic E-state index is 0.319. The van der Waals surface area contributed by atoms with E-state index in [1.807, 2.05) is 0 Å². The molecule has 0 aliphatic heterocycles. The molecule has 100 valence electrons. The lowest BCUT2D eigenvalue weighted by Gasteiger charge is -2.24. The average molecular weight is 247 g/mol. The molecule has 1 aromatic carbocycles. The number of hydrogen-bond donors (Lipinski definition) is 1. The van der Waals surface area contributed by atoms with E-state index in [1.54, 1.807) is 7.11 Å². The van der Waals surface area contributed by atoms with Crippen LogP contribution in [0.3, 0.4) is 0 Å². The largest absolute Gasteiger partial charge is 0.496 e. The lowest BCUT2D eigenvalue weighted by atomic mass is 9.84. The molecule has 2 heteroatoms. The Kier molecular flexibility index (Phi) is 4.28. The van der Waals surface area contributed by atoms with Crippen LogP contribution < -0.4 is 10.5 Å². The minimum atomic E-state index is 0.319. The number of rotatable bonds is 2. The van der Waals surface area contributed by atoms with Crippen LogP contribution in [-0.4, -0.2) is 13.2 Å². The molecule has 1 fully saturated rings. The highest BCUT2D eigenvalue weighted by atomic mass is 16.5. The molecule has 1 saturated carbocycles. The van der Waals surface area contributed by atoms with Crippen molar-refractivity contribution in [3.63, 3.8) is 0 Å². The summed E-state index contributed by atoms with van der Waals surface area (Å²) in [6.45, 7) is 4.29. The number of ether oxygens (including phenoxy) is 1. The zero-order valence-electron chi connectivity index (χ0n) is 11.8. The fourth-order valence-electron chi connectivity index (χ4n) is 3.15. The topological polar surface area (TPSA) is 35.2 Å². The summed E-state index contributed by atoms with van der Waals surface area (Å²) >= 11 is 0. The summed E-state index contributed by atoms with van der Waals surface area (Å²) in [5.74, 6) is 1.51. The molecule has 0 bridgehead atoms. The van der Waals surface area contributed by atoms with Crippen LogP contribution in [0.5, 0.6) is 5.75 Å². The quantitative estimate of drug-likeness (QED) is 0.809. The fourth-order valence-corrected chi connectivity index (χ4v) is 3.15. The summed E-state index contributed by atoms with van der Waals surface area (Å²) in [6, 6.07) is 4.76. The molecule has 2 rings (SSSR count). The van der Waals surface area contributed by atoms with Gasteiger partial charge in [0, 0.05) is 6.04 Å². The van der Waals surface area contributed by atoms with E-state index in [9.17, 15) is 0 Å². The van der Waals surface area contributed by atoms with Gasteiger partial charge in [-0.15, -0.1) is 0 Å². The van der Waals surface area contributed by atoms with Gasteiger partial charge in [-0.25, -0.2) is 0 Å². The van der Waals surface area contributed by atoms with E-state index in [1.165, 1.54) is 42.4 Å². The first-order valence-electron chi connectivity index (χ1n) is 7.04. The second-order valence-electron chi connectivity index (χ2n) is 5.59. The van der Waals surface area contributed by atoms with Gasteiger partial charge in [0.2, 0.25) is 0 Å². The normalized spacial score (nSPS) is 24.7. The molecule has 2 N–H and O–H groups in total. The van der Waals surface area contributed by atoms with Crippen LogP contribution in [0, 0.1) is 13.8 Å². The van der Waals surface area contributed by atoms with Gasteiger partial charge in [-0.1, -0.05) is 25.3 Å². The molecule has 0 heterocycles. The van der Waals surface area contributed by atoms with Crippen molar-refractivity contribution >= 4 is 0 Å². The van der Waals surface area contributed by atoms with Crippen molar-refractivity contribution in [1.29, 1.82) is 0 Å². The number of benzene rings is 1. The number of hydrogen-bond acceptors (Lipinski definition) is 2. The first kappa shape index (κ1) is 13.4. The average Bonchev–Trinajstić information content (AvgIpc) is 2.56. The van der Waals surface area contributed by atoms with Gasteiger partial charge in [0.15, 0.2) is 0 Å². The van der Waals surface area contributed by atoms with Gasteiger partial charge in [-0.05, 0) is 55.4 Å². The third kappa shape index (κ3) is 2.69. The van der Waals surface area contributed by atoms with Crippen LogP contribution in [-0.2, 0) is 0 Å². The van der Waals surface area contributed by atoms with Crippen molar-refractivity contribution in [3.8, 4) is 5.75 Å². The van der Waals surface area contributed by atoms with Crippen LogP contribution in [0.25, 0.3) is 0 Å². The van der Waals surface area contributed by atoms with E-state index in [0.29, 0.717) is 12.0 Å². The maximum absolute atomic E-state index is 6.37. The smallest absolute Gasteiger partial charge is 0.122 e. The summed E-state index contributed by atoms with van der Waals surface area (Å²) in [7, 11) is 1.73. The summed E-state index contributed by atoms with van der Waals surface area (Å²) < 4.78 is 5.39. The summed E-state index contributed by atoms with van der Waals surface area (Å²) in [4.78, 5) is 0. The molecule has 2 unspecified atom stereocenters. The fraction of sp³-hybridized carbons (Fsp3) is 0.625. The van der Waals surface area contributed by atoms with E-state index in [-0.39, 0.29) is 0 Å². The Labute approximate surface area is 111 Å². The highest BCUT2D eigenvalue weighted by Gasteiger charge is 2.24. The molecule has 0 spiro atoms. The number of aryl methyl sites for hydroxylation is 2. The van der Waals surface area contributed by atoms with Crippen LogP contribution in [0.1, 0.15) is 54.7 Å². The molecule has 1 aliphatic carbocycles. The summed E-state index contributed by atoms with van der Waals surface area (Å²) in [5.41, 5.74) is 10.3. The van der Waals surface area contributed by atoms with Gasteiger partial charge in [0.1, 0.15) is 5.75 Å². The zero-order chi connectivity index (χ0) is 13.1. The van der Waals surface area contributed by atoms with Crippen molar-refractivity contribution < 1.29 is 4.74 Å². The standard InChI is InChI=1S/C16H25NO/c1-11-10-16(18-3)12(2)9-14(11)13-7-5-4-6-8-15(13)17/h9-10,13,15H,4-8,17H2,1-3H3. The zero-order valence-corrected chi connectivity index (χ0v) is 11.8. The Balaban J connectivity index is 2.34. The molecule has 2 atom stereocenters. The molecule has 18 heavy (non-hydrogen) atoms. The number of nitrogens with two attached hydrogens (primary N) is 1. The van der Waals surface area contributed by atoms with Crippen molar-refractivity contribution in [3.05, 3.63) is 28.8 Å². The van der Waals surface area contributed by atoms with E-state index >= 15 is 0 Å². The van der Waals surface area contributed by atoms with Gasteiger partial charge in [0.25, 0.3) is 0 Å². The predicted molar refractivity (Wildman–Crippen MR) is 76.3 cm³/mol. The molecule has 0 saturated heterocycles. The van der Waals surface area contributed by atoms with Crippen LogP contribution in [0.4, 0.5) is 0 Å². The summed E-state index contributed by atoms with van der Waals surface area (Å²) in [6.07, 6.45) is 6.32. The van der Waals surface area contributed by atoms with Crippen molar-refractivity contribution in [1.82, 2.24) is 0 Å². The van der Waals surface area contributed by atoms with E-state index in [2.05, 4.69) is 26.0 Å². The predicted octanol–water partition coefficient (Wildman–Crippen LogP) is 3.69. The molecule has 0 aromatic heterocycles. The first-order chi connectivity index (χ1) is 8.63. The molecule has 0 radical (unpaired) electrons. The third-order valence-corrected chi connectivity index (χ3v) is 4.25. The molecular formula is C16H25NO. The number of methoxy groups -OCH3 is 1. The highest BCUT2D eigenvalue weighted by Crippen LogP contribution is 2.35. The van der Waals surface area contributed by atoms with Crippen LogP contribution in [0.2, 0.25) is 0 Å². The van der Waals surface area contributed by atoms with Gasteiger partial charge in [-0.3, -0.25) is 0 Å². The Morgan fingerprint density at radius 2 is 1.78 bits per heavy atom. The van der Waals surface area contributed by atoms with Crippen LogP contribution >= 0.6 is 0 Å². The van der Waals surface area contributed by atoms with E-state index in [0.717, 1.165) is 12.2 Å². The Morgan fingerprint density at radius 3 is 2.50 bits per heavy atom. The Hall–Kier alpha value is -1.02. The van der Waals surface area contributed by atoms with Gasteiger partial charge in [-0.2, -0.15) is 0 Å². The molecule has 1 aliphatic rings. The Bertz CT molecular complexity index is 414. The van der Waals surface area contributed by atoms with Crippen LogP contribution in [0.15, 0.2) is 12.1 Å². The Morgan fingerprint density at radius 1 is 1.06 bits per heavy atom. The van der Waals surface area contributed by atoms with Crippen molar-refractivity contribution in [2.75, 3.05) is 7.11 Å². The maximum atomic E-state index is 6.37. The summed E-state index contributed by atoms with van der Waals surface area (Å²) in [5, 5.41) is 0. The van der Waals surface area contributed by atoms with E-state index in [4.69, 9.17) is 10.5 Å². The van der Waals surface area contributed by atoms with Gasteiger partial charge >= 0.3 is 0 Å². The maximum Gasteiger partial charge on any atom is 0.122 e. The molecule has 0 amide bonds. The van der Waals surface area contributed by atoms with Gasteiger partial charge in [0.05, 0.1) is 7.11 Å². The molecule has 2 nitrogen and oxygen atoms in total.